The van der Waals surface area contributed by atoms with E-state index in [2.05, 4.69) is 31.4 Å². The van der Waals surface area contributed by atoms with Gasteiger partial charge < -0.3 is 8.94 Å². The van der Waals surface area contributed by atoms with E-state index in [9.17, 15) is 4.79 Å². The fourth-order valence-electron chi connectivity index (χ4n) is 1.59. The average molecular weight is 334 g/mol. The normalized spacial score (nSPS) is 10.4. The van der Waals surface area contributed by atoms with Crippen LogP contribution in [0.2, 0.25) is 0 Å². The number of nitrogens with one attached hydrogen (secondary N) is 1. The highest BCUT2D eigenvalue weighted by Gasteiger charge is 2.14. The maximum Gasteiger partial charge on any atom is 0.293 e. The molecule has 20 heavy (non-hydrogen) atoms. The smallest absolute Gasteiger partial charge is 0.293 e. The fraction of sp³-hybridized carbons (Fsp3) is 0. The molecule has 6 nitrogen and oxygen atoms in total. The summed E-state index contributed by atoms with van der Waals surface area (Å²) in [6, 6.07) is 8.45. The Bertz CT molecular complexity index is 736. The second-order valence-electron chi connectivity index (χ2n) is 3.88. The zero-order valence-corrected chi connectivity index (χ0v) is 11.6. The number of amides is 1. The number of nitrogens with zero attached hydrogens (tertiary/aromatic N) is 2. The molecule has 0 saturated carbocycles. The summed E-state index contributed by atoms with van der Waals surface area (Å²) in [5.41, 5.74) is 1.39. The molecule has 0 fully saturated rings. The van der Waals surface area contributed by atoms with E-state index in [0.29, 0.717) is 10.4 Å². The summed E-state index contributed by atoms with van der Waals surface area (Å²) in [6.07, 6.45) is 3.33. The number of carbonyl (C=O) groups excluding carboxylic acids is 1. The van der Waals surface area contributed by atoms with E-state index < -0.39 is 5.91 Å². The van der Waals surface area contributed by atoms with E-state index in [0.717, 1.165) is 5.56 Å². The Hall–Kier alpha value is -2.41. The van der Waals surface area contributed by atoms with Crippen LogP contribution in [-0.4, -0.2) is 16.0 Å². The van der Waals surface area contributed by atoms with E-state index in [-0.39, 0.29) is 11.6 Å². The second kappa shape index (κ2) is 5.30. The molecule has 0 aliphatic rings. The molecule has 7 heteroatoms. The summed E-state index contributed by atoms with van der Waals surface area (Å²) >= 11 is 3.13. The highest BCUT2D eigenvalue weighted by atomic mass is 79.9. The van der Waals surface area contributed by atoms with E-state index in [1.54, 1.807) is 36.7 Å². The number of carbonyl (C=O) groups is 1. The zero-order chi connectivity index (χ0) is 13.9. The molecule has 3 rings (SSSR count). The minimum absolute atomic E-state index is 0.177. The van der Waals surface area contributed by atoms with E-state index in [4.69, 9.17) is 8.94 Å². The molecule has 0 aliphatic heterocycles. The first-order valence-electron chi connectivity index (χ1n) is 5.66. The molecule has 0 saturated heterocycles. The third kappa shape index (κ3) is 2.62. The van der Waals surface area contributed by atoms with Crippen molar-refractivity contribution in [2.75, 3.05) is 5.32 Å². The van der Waals surface area contributed by atoms with Crippen LogP contribution in [0.5, 0.6) is 0 Å². The minimum atomic E-state index is -0.412. The maximum atomic E-state index is 11.8. The average Bonchev–Trinajstić information content (AvgIpc) is 3.09. The number of aromatic nitrogens is 2. The van der Waals surface area contributed by atoms with Gasteiger partial charge in [-0.25, -0.2) is 0 Å². The number of hydrogen-bond acceptors (Lipinski definition) is 5. The maximum absolute atomic E-state index is 11.8. The van der Waals surface area contributed by atoms with Crippen LogP contribution in [0.4, 0.5) is 5.88 Å². The lowest BCUT2D eigenvalue weighted by atomic mass is 10.2. The summed E-state index contributed by atoms with van der Waals surface area (Å²) in [4.78, 5) is 15.8. The van der Waals surface area contributed by atoms with Crippen molar-refractivity contribution >= 4 is 27.7 Å². The summed E-state index contributed by atoms with van der Waals surface area (Å²) in [5.74, 6) is 0.00200. The molecule has 3 aromatic rings. The summed E-state index contributed by atoms with van der Waals surface area (Å²) < 4.78 is 10.7. The Balaban J connectivity index is 1.76. The van der Waals surface area contributed by atoms with Gasteiger partial charge in [-0.3, -0.25) is 15.1 Å². The number of anilines is 1. The molecule has 1 amide bonds. The van der Waals surface area contributed by atoms with Gasteiger partial charge in [0.1, 0.15) is 5.69 Å². The van der Waals surface area contributed by atoms with Gasteiger partial charge in [0.15, 0.2) is 10.4 Å². The molecule has 0 bridgehead atoms. The highest BCUT2D eigenvalue weighted by Crippen LogP contribution is 2.21. The van der Waals surface area contributed by atoms with Crippen molar-refractivity contribution in [3.8, 4) is 11.3 Å². The zero-order valence-electron chi connectivity index (χ0n) is 10.0. The van der Waals surface area contributed by atoms with Crippen molar-refractivity contribution in [2.24, 2.45) is 0 Å². The SMILES string of the molecule is O=C(Nc1cc(-c2cccnc2)no1)c1ccc(Br)o1. The number of hydrogen-bond donors (Lipinski definition) is 1. The van der Waals surface area contributed by atoms with E-state index >= 15 is 0 Å². The largest absolute Gasteiger partial charge is 0.444 e. The lowest BCUT2D eigenvalue weighted by molar-refractivity contribution is 0.0992. The van der Waals surface area contributed by atoms with Gasteiger partial charge in [0.25, 0.3) is 5.91 Å². The van der Waals surface area contributed by atoms with Crippen LogP contribution < -0.4 is 5.32 Å². The Morgan fingerprint density at radius 3 is 2.90 bits per heavy atom. The first kappa shape index (κ1) is 12.6. The standard InChI is InChI=1S/C13H8BrN3O3/c14-11-4-3-10(19-11)13(18)16-12-6-9(17-20-12)8-2-1-5-15-7-8/h1-7H,(H,16,18). The van der Waals surface area contributed by atoms with Gasteiger partial charge in [-0.05, 0) is 40.2 Å². The minimum Gasteiger partial charge on any atom is -0.444 e. The Kier molecular flexibility index (Phi) is 3.34. The molecular formula is C13H8BrN3O3. The number of halogens is 1. The monoisotopic (exact) mass is 333 g/mol. The first-order chi connectivity index (χ1) is 9.72. The molecule has 100 valence electrons. The Labute approximate surface area is 121 Å². The van der Waals surface area contributed by atoms with Crippen molar-refractivity contribution in [2.45, 2.75) is 0 Å². The van der Waals surface area contributed by atoms with E-state index in [1.807, 2.05) is 6.07 Å². The topological polar surface area (TPSA) is 81.2 Å². The summed E-state index contributed by atoms with van der Waals surface area (Å²) in [7, 11) is 0. The molecule has 0 atom stereocenters. The van der Waals surface area contributed by atoms with Crippen LogP contribution in [-0.2, 0) is 0 Å². The third-order valence-corrected chi connectivity index (χ3v) is 2.93. The van der Waals surface area contributed by atoms with Gasteiger partial charge in [0, 0.05) is 24.0 Å². The predicted molar refractivity (Wildman–Crippen MR) is 74.1 cm³/mol. The van der Waals surface area contributed by atoms with Gasteiger partial charge in [0.05, 0.1) is 0 Å². The van der Waals surface area contributed by atoms with E-state index in [1.165, 1.54) is 0 Å². The Morgan fingerprint density at radius 2 is 2.20 bits per heavy atom. The van der Waals surface area contributed by atoms with Gasteiger partial charge in [0.2, 0.25) is 5.88 Å². The number of pyridine rings is 1. The molecule has 0 aliphatic carbocycles. The lowest BCUT2D eigenvalue weighted by Crippen LogP contribution is -2.09. The van der Waals surface area contributed by atoms with Crippen LogP contribution >= 0.6 is 15.9 Å². The van der Waals surface area contributed by atoms with Gasteiger partial charge in [-0.2, -0.15) is 0 Å². The van der Waals surface area contributed by atoms with Crippen LogP contribution in [0.3, 0.4) is 0 Å². The van der Waals surface area contributed by atoms with Gasteiger partial charge in [-0.15, -0.1) is 0 Å². The van der Waals surface area contributed by atoms with Crippen LogP contribution in [0.25, 0.3) is 11.3 Å². The molecule has 0 unspecified atom stereocenters. The first-order valence-corrected chi connectivity index (χ1v) is 6.45. The van der Waals surface area contributed by atoms with Crippen molar-refractivity contribution in [3.63, 3.8) is 0 Å². The predicted octanol–water partition coefficient (Wildman–Crippen LogP) is 3.34. The summed E-state index contributed by atoms with van der Waals surface area (Å²) in [5, 5.41) is 6.43. The van der Waals surface area contributed by atoms with Crippen molar-refractivity contribution in [1.82, 2.24) is 10.1 Å². The lowest BCUT2D eigenvalue weighted by Gasteiger charge is -1.96. The Morgan fingerprint density at radius 1 is 1.30 bits per heavy atom. The quantitative estimate of drug-likeness (QED) is 0.794. The molecular weight excluding hydrogens is 326 g/mol. The molecule has 0 spiro atoms. The molecule has 3 heterocycles. The van der Waals surface area contributed by atoms with Crippen LogP contribution in [0, 0.1) is 0 Å². The van der Waals surface area contributed by atoms with Crippen LogP contribution in [0.1, 0.15) is 10.6 Å². The molecule has 1 N–H and O–H groups in total. The van der Waals surface area contributed by atoms with Crippen molar-refractivity contribution in [1.29, 1.82) is 0 Å². The second-order valence-corrected chi connectivity index (χ2v) is 4.66. The van der Waals surface area contributed by atoms with Gasteiger partial charge >= 0.3 is 0 Å². The third-order valence-electron chi connectivity index (χ3n) is 2.50. The summed E-state index contributed by atoms with van der Waals surface area (Å²) in [6.45, 7) is 0. The molecule has 3 aromatic heterocycles. The molecule has 0 radical (unpaired) electrons. The van der Waals surface area contributed by atoms with Crippen molar-refractivity contribution < 1.29 is 13.7 Å². The fourth-order valence-corrected chi connectivity index (χ4v) is 1.90. The van der Waals surface area contributed by atoms with Gasteiger partial charge in [-0.1, -0.05) is 5.16 Å². The van der Waals surface area contributed by atoms with Crippen molar-refractivity contribution in [3.05, 3.63) is 53.2 Å². The molecule has 0 aromatic carbocycles. The number of furan rings is 1. The highest BCUT2D eigenvalue weighted by molar-refractivity contribution is 9.10. The van der Waals surface area contributed by atoms with Crippen LogP contribution in [0.15, 0.2) is 56.3 Å². The number of rotatable bonds is 3.